The molecule has 2 aromatic carbocycles. The third-order valence-electron chi connectivity index (χ3n) is 5.94. The summed E-state index contributed by atoms with van der Waals surface area (Å²) < 4.78 is 0. The lowest BCUT2D eigenvalue weighted by atomic mass is 9.88. The maximum absolute atomic E-state index is 13.0. The number of likely N-dealkylation sites (tertiary alicyclic amines) is 1. The van der Waals surface area contributed by atoms with Crippen LogP contribution < -0.4 is 0 Å². The molecule has 0 N–H and O–H groups in total. The van der Waals surface area contributed by atoms with Crippen molar-refractivity contribution < 1.29 is 9.59 Å². The fourth-order valence-corrected chi connectivity index (χ4v) is 4.40. The van der Waals surface area contributed by atoms with Crippen LogP contribution in [0.25, 0.3) is 0 Å². The Bertz CT molecular complexity index is 791. The number of ketones is 1. The first-order valence-corrected chi connectivity index (χ1v) is 9.67. The molecule has 2 aromatic rings. The first-order valence-electron chi connectivity index (χ1n) is 9.67. The number of hydrogen-bond donors (Lipinski definition) is 0. The lowest BCUT2D eigenvalue weighted by molar-refractivity contribution is -0.136. The van der Waals surface area contributed by atoms with Gasteiger partial charge in [-0.25, -0.2) is 0 Å². The Morgan fingerprint density at radius 2 is 1.58 bits per heavy atom. The molecule has 1 atom stereocenters. The lowest BCUT2D eigenvalue weighted by Crippen LogP contribution is -2.41. The van der Waals surface area contributed by atoms with E-state index in [1.54, 1.807) is 0 Å². The predicted octanol–water partition coefficient (Wildman–Crippen LogP) is 4.23. The van der Waals surface area contributed by atoms with E-state index in [-0.39, 0.29) is 17.6 Å². The van der Waals surface area contributed by atoms with Crippen LogP contribution in [0.4, 0.5) is 0 Å². The number of carbonyl (C=O) groups is 2. The third kappa shape index (κ3) is 3.44. The number of aryl methyl sites for hydroxylation is 1. The molecule has 1 aliphatic carbocycles. The molecule has 0 spiro atoms. The van der Waals surface area contributed by atoms with Gasteiger partial charge in [-0.1, -0.05) is 54.6 Å². The Morgan fingerprint density at radius 3 is 2.35 bits per heavy atom. The molecule has 0 saturated carbocycles. The van der Waals surface area contributed by atoms with Crippen molar-refractivity contribution in [1.82, 2.24) is 4.90 Å². The van der Waals surface area contributed by atoms with Crippen LogP contribution in [0.1, 0.15) is 53.1 Å². The van der Waals surface area contributed by atoms with Gasteiger partial charge in [-0.2, -0.15) is 0 Å². The van der Waals surface area contributed by atoms with Crippen LogP contribution in [0.3, 0.4) is 0 Å². The highest BCUT2D eigenvalue weighted by atomic mass is 16.2. The van der Waals surface area contributed by atoms with E-state index >= 15 is 0 Å². The van der Waals surface area contributed by atoms with Crippen LogP contribution in [-0.4, -0.2) is 29.7 Å². The van der Waals surface area contributed by atoms with Gasteiger partial charge in [0.15, 0.2) is 5.78 Å². The van der Waals surface area contributed by atoms with Gasteiger partial charge in [0.1, 0.15) is 0 Å². The lowest BCUT2D eigenvalue weighted by Gasteiger charge is -2.34. The fraction of sp³-hybridized carbons (Fsp3) is 0.391. The maximum atomic E-state index is 13.0. The summed E-state index contributed by atoms with van der Waals surface area (Å²) in [5.74, 6) is 0.678. The summed E-state index contributed by atoms with van der Waals surface area (Å²) in [4.78, 5) is 27.6. The number of piperidine rings is 1. The molecule has 3 nitrogen and oxygen atoms in total. The standard InChI is InChI=1S/C23H25NO2/c25-22-16-20(11-10-19-8-4-5-9-21(19)22)23(26)24-14-12-18(13-15-24)17-6-2-1-3-7-17/h1-9,18,20H,10-16H2. The minimum Gasteiger partial charge on any atom is -0.342 e. The molecule has 1 aliphatic heterocycles. The van der Waals surface area contributed by atoms with E-state index in [2.05, 4.69) is 24.3 Å². The van der Waals surface area contributed by atoms with E-state index in [0.29, 0.717) is 12.3 Å². The number of Topliss-reactive ketones (excluding diaryl/α,β-unsaturated/α-hetero) is 1. The van der Waals surface area contributed by atoms with Crippen molar-refractivity contribution >= 4 is 11.7 Å². The number of nitrogens with zero attached hydrogens (tertiary/aromatic N) is 1. The van der Waals surface area contributed by atoms with E-state index in [9.17, 15) is 9.59 Å². The van der Waals surface area contributed by atoms with E-state index in [1.165, 1.54) is 5.56 Å². The van der Waals surface area contributed by atoms with Crippen LogP contribution in [0.5, 0.6) is 0 Å². The van der Waals surface area contributed by atoms with Crippen LogP contribution in [0.15, 0.2) is 54.6 Å². The third-order valence-corrected chi connectivity index (χ3v) is 5.94. The fourth-order valence-electron chi connectivity index (χ4n) is 4.40. The average molecular weight is 347 g/mol. The van der Waals surface area contributed by atoms with Crippen molar-refractivity contribution in [3.05, 3.63) is 71.3 Å². The summed E-state index contributed by atoms with van der Waals surface area (Å²) >= 11 is 0. The van der Waals surface area contributed by atoms with Crippen molar-refractivity contribution in [3.63, 3.8) is 0 Å². The van der Waals surface area contributed by atoms with E-state index < -0.39 is 0 Å². The minimum absolute atomic E-state index is 0.121. The van der Waals surface area contributed by atoms with Crippen LogP contribution in [0, 0.1) is 5.92 Å². The molecule has 0 bridgehead atoms. The second kappa shape index (κ2) is 7.45. The van der Waals surface area contributed by atoms with Gasteiger partial charge in [0.2, 0.25) is 5.91 Å². The SMILES string of the molecule is O=C1CC(C(=O)N2CCC(c3ccccc3)CC2)CCc2ccccc21. The molecule has 1 heterocycles. The molecule has 134 valence electrons. The molecule has 4 rings (SSSR count). The highest BCUT2D eigenvalue weighted by Gasteiger charge is 2.32. The van der Waals surface area contributed by atoms with Gasteiger partial charge in [0.05, 0.1) is 0 Å². The zero-order chi connectivity index (χ0) is 17.9. The Balaban J connectivity index is 1.39. The topological polar surface area (TPSA) is 37.4 Å². The highest BCUT2D eigenvalue weighted by Crippen LogP contribution is 2.31. The highest BCUT2D eigenvalue weighted by molar-refractivity contribution is 6.00. The van der Waals surface area contributed by atoms with Crippen LogP contribution >= 0.6 is 0 Å². The van der Waals surface area contributed by atoms with E-state index in [1.807, 2.05) is 35.2 Å². The summed E-state index contributed by atoms with van der Waals surface area (Å²) in [5, 5.41) is 0. The summed E-state index contributed by atoms with van der Waals surface area (Å²) in [6.07, 6.45) is 3.97. The molecular weight excluding hydrogens is 322 g/mol. The van der Waals surface area contributed by atoms with E-state index in [4.69, 9.17) is 0 Å². The maximum Gasteiger partial charge on any atom is 0.226 e. The summed E-state index contributed by atoms with van der Waals surface area (Å²) in [6, 6.07) is 18.4. The Labute approximate surface area is 155 Å². The normalized spacial score (nSPS) is 21.2. The van der Waals surface area contributed by atoms with Crippen molar-refractivity contribution in [1.29, 1.82) is 0 Å². The van der Waals surface area contributed by atoms with Gasteiger partial charge in [0, 0.05) is 31.0 Å². The quantitative estimate of drug-likeness (QED) is 0.763. The number of hydrogen-bond acceptors (Lipinski definition) is 2. The van der Waals surface area contributed by atoms with Crippen LogP contribution in [-0.2, 0) is 11.2 Å². The summed E-state index contributed by atoms with van der Waals surface area (Å²) in [5.41, 5.74) is 3.28. The molecular formula is C23H25NO2. The first kappa shape index (κ1) is 17.0. The van der Waals surface area contributed by atoms with Gasteiger partial charge in [0.25, 0.3) is 0 Å². The van der Waals surface area contributed by atoms with Crippen LogP contribution in [0.2, 0.25) is 0 Å². The Morgan fingerprint density at radius 1 is 0.885 bits per heavy atom. The van der Waals surface area contributed by atoms with Crippen molar-refractivity contribution in [3.8, 4) is 0 Å². The Hall–Kier alpha value is -2.42. The minimum atomic E-state index is -0.164. The molecule has 2 aliphatic rings. The number of benzene rings is 2. The number of rotatable bonds is 2. The second-order valence-electron chi connectivity index (χ2n) is 7.53. The molecule has 26 heavy (non-hydrogen) atoms. The van der Waals surface area contributed by atoms with Crippen molar-refractivity contribution in [2.75, 3.05) is 13.1 Å². The number of amides is 1. The monoisotopic (exact) mass is 347 g/mol. The van der Waals surface area contributed by atoms with Gasteiger partial charge in [-0.05, 0) is 42.7 Å². The number of fused-ring (bicyclic) bond motifs is 1. The van der Waals surface area contributed by atoms with Gasteiger partial charge < -0.3 is 4.90 Å². The Kier molecular flexibility index (Phi) is 4.87. The van der Waals surface area contributed by atoms with Gasteiger partial charge in [-0.15, -0.1) is 0 Å². The summed E-state index contributed by atoms with van der Waals surface area (Å²) in [7, 11) is 0. The largest absolute Gasteiger partial charge is 0.342 e. The molecule has 1 amide bonds. The smallest absolute Gasteiger partial charge is 0.226 e. The molecule has 1 fully saturated rings. The molecule has 0 aromatic heterocycles. The van der Waals surface area contributed by atoms with Crippen molar-refractivity contribution in [2.45, 2.75) is 38.0 Å². The molecule has 3 heteroatoms. The molecule has 1 unspecified atom stereocenters. The summed E-state index contributed by atoms with van der Waals surface area (Å²) in [6.45, 7) is 1.60. The molecule has 1 saturated heterocycles. The van der Waals surface area contributed by atoms with Gasteiger partial charge >= 0.3 is 0 Å². The average Bonchev–Trinajstić information content (AvgIpc) is 2.88. The number of carbonyl (C=O) groups excluding carboxylic acids is 2. The second-order valence-corrected chi connectivity index (χ2v) is 7.53. The first-order chi connectivity index (χ1) is 12.7. The van der Waals surface area contributed by atoms with Crippen molar-refractivity contribution in [2.24, 2.45) is 5.92 Å². The zero-order valence-electron chi connectivity index (χ0n) is 15.1. The molecule has 0 radical (unpaired) electrons. The van der Waals surface area contributed by atoms with Gasteiger partial charge in [-0.3, -0.25) is 9.59 Å². The predicted molar refractivity (Wildman–Crippen MR) is 102 cm³/mol. The zero-order valence-corrected chi connectivity index (χ0v) is 15.1. The van der Waals surface area contributed by atoms with E-state index in [0.717, 1.165) is 49.9 Å².